The maximum Gasteiger partial charge on any atom is 0.123 e. The average Bonchev–Trinajstić information content (AvgIpc) is 3.11. The van der Waals surface area contributed by atoms with Gasteiger partial charge in [-0.3, -0.25) is 9.80 Å². The molecule has 0 spiro atoms. The van der Waals surface area contributed by atoms with Crippen LogP contribution in [0.25, 0.3) is 0 Å². The first-order chi connectivity index (χ1) is 13.2. The maximum absolute atomic E-state index is 13.4. The second-order valence-corrected chi connectivity index (χ2v) is 8.25. The molecule has 4 heterocycles. The number of hydrogen-bond acceptors (Lipinski definition) is 3. The molecule has 4 fully saturated rings. The van der Waals surface area contributed by atoms with Crippen LogP contribution in [0, 0.1) is 23.1 Å². The van der Waals surface area contributed by atoms with E-state index in [0.29, 0.717) is 23.6 Å². The van der Waals surface area contributed by atoms with Gasteiger partial charge < -0.3 is 0 Å². The first-order valence-corrected chi connectivity index (χ1v) is 9.95. The van der Waals surface area contributed by atoms with Crippen molar-refractivity contribution in [2.75, 3.05) is 19.6 Å². The average molecular weight is 361 g/mol. The summed E-state index contributed by atoms with van der Waals surface area (Å²) >= 11 is 0. The van der Waals surface area contributed by atoms with Crippen LogP contribution in [-0.2, 0) is 6.54 Å². The molecule has 6 rings (SSSR count). The van der Waals surface area contributed by atoms with Crippen molar-refractivity contribution in [1.82, 2.24) is 9.80 Å². The van der Waals surface area contributed by atoms with Crippen LogP contribution in [0.15, 0.2) is 48.5 Å². The molecule has 4 aliphatic rings. The predicted octanol–water partition coefficient (Wildman–Crippen LogP) is 3.76. The van der Waals surface area contributed by atoms with E-state index < -0.39 is 0 Å². The van der Waals surface area contributed by atoms with E-state index in [1.807, 2.05) is 24.3 Å². The molecular formula is C23H24FN3. The molecule has 3 nitrogen and oxygen atoms in total. The molecule has 0 N–H and O–H groups in total. The Morgan fingerprint density at radius 3 is 2.33 bits per heavy atom. The topological polar surface area (TPSA) is 30.3 Å². The van der Waals surface area contributed by atoms with Crippen molar-refractivity contribution < 1.29 is 4.39 Å². The summed E-state index contributed by atoms with van der Waals surface area (Å²) < 4.78 is 13.4. The van der Waals surface area contributed by atoms with Gasteiger partial charge in [-0.1, -0.05) is 24.3 Å². The van der Waals surface area contributed by atoms with E-state index >= 15 is 0 Å². The molecule has 0 aliphatic carbocycles. The molecule has 4 saturated heterocycles. The molecule has 0 amide bonds. The number of piperidine rings is 3. The number of likely N-dealkylation sites (tertiary alicyclic amines) is 1. The third-order valence-electron chi connectivity index (χ3n) is 6.86. The van der Waals surface area contributed by atoms with Crippen molar-refractivity contribution in [3.05, 3.63) is 71.0 Å². The number of benzene rings is 2. The number of halogens is 1. The molecule has 2 aromatic rings. The van der Waals surface area contributed by atoms with Gasteiger partial charge in [0.15, 0.2) is 0 Å². The van der Waals surface area contributed by atoms with Crippen LogP contribution in [0.2, 0.25) is 0 Å². The Labute approximate surface area is 160 Å². The highest BCUT2D eigenvalue weighted by Gasteiger charge is 2.53. The van der Waals surface area contributed by atoms with Crippen LogP contribution >= 0.6 is 0 Å². The molecule has 3 atom stereocenters. The first-order valence-electron chi connectivity index (χ1n) is 9.95. The quantitative estimate of drug-likeness (QED) is 0.834. The fraction of sp³-hybridized carbons (Fsp3) is 0.435. The number of nitriles is 1. The monoisotopic (exact) mass is 361 g/mol. The first kappa shape index (κ1) is 16.9. The Bertz CT molecular complexity index is 847. The van der Waals surface area contributed by atoms with Crippen LogP contribution in [0.5, 0.6) is 0 Å². The van der Waals surface area contributed by atoms with Crippen LogP contribution in [0.3, 0.4) is 0 Å². The molecule has 4 heteroatoms. The van der Waals surface area contributed by atoms with E-state index in [0.717, 1.165) is 19.0 Å². The molecule has 2 bridgehead atoms. The third-order valence-corrected chi connectivity index (χ3v) is 6.86. The van der Waals surface area contributed by atoms with E-state index in [9.17, 15) is 4.39 Å². The van der Waals surface area contributed by atoms with Crippen molar-refractivity contribution in [1.29, 1.82) is 5.26 Å². The zero-order valence-corrected chi connectivity index (χ0v) is 15.4. The highest BCUT2D eigenvalue weighted by Crippen LogP contribution is 2.46. The molecule has 4 aliphatic heterocycles. The van der Waals surface area contributed by atoms with Crippen molar-refractivity contribution in [2.45, 2.75) is 37.4 Å². The van der Waals surface area contributed by atoms with Gasteiger partial charge in [-0.05, 0) is 67.2 Å². The van der Waals surface area contributed by atoms with Gasteiger partial charge in [-0.15, -0.1) is 0 Å². The third kappa shape index (κ3) is 2.96. The Balaban J connectivity index is 1.45. The molecule has 2 aromatic carbocycles. The van der Waals surface area contributed by atoms with E-state index in [-0.39, 0.29) is 5.82 Å². The number of rotatable bonds is 3. The van der Waals surface area contributed by atoms with Crippen LogP contribution in [-0.4, -0.2) is 41.5 Å². The summed E-state index contributed by atoms with van der Waals surface area (Å²) in [6, 6.07) is 18.5. The minimum absolute atomic E-state index is 0.159. The maximum atomic E-state index is 13.4. The van der Waals surface area contributed by atoms with Gasteiger partial charge >= 0.3 is 0 Å². The van der Waals surface area contributed by atoms with Crippen molar-refractivity contribution in [3.8, 4) is 6.07 Å². The summed E-state index contributed by atoms with van der Waals surface area (Å²) in [6.07, 6.45) is 2.59. The molecule has 0 unspecified atom stereocenters. The highest BCUT2D eigenvalue weighted by molar-refractivity contribution is 5.32. The van der Waals surface area contributed by atoms with Crippen molar-refractivity contribution >= 4 is 0 Å². The van der Waals surface area contributed by atoms with Gasteiger partial charge in [0.05, 0.1) is 11.6 Å². The van der Waals surface area contributed by atoms with E-state index in [1.165, 1.54) is 37.1 Å². The van der Waals surface area contributed by atoms with Crippen molar-refractivity contribution in [2.24, 2.45) is 5.92 Å². The van der Waals surface area contributed by atoms with Gasteiger partial charge in [-0.25, -0.2) is 4.39 Å². The Morgan fingerprint density at radius 1 is 0.963 bits per heavy atom. The van der Waals surface area contributed by atoms with Gasteiger partial charge in [0.25, 0.3) is 0 Å². The second kappa shape index (κ2) is 6.74. The lowest BCUT2D eigenvalue weighted by Crippen LogP contribution is -2.59. The number of nitrogens with zero attached hydrogens (tertiary/aromatic N) is 3. The largest absolute Gasteiger partial charge is 0.298 e. The molecule has 27 heavy (non-hydrogen) atoms. The summed E-state index contributed by atoms with van der Waals surface area (Å²) in [5.41, 5.74) is 3.25. The summed E-state index contributed by atoms with van der Waals surface area (Å²) in [5.74, 6) is 1.05. The SMILES string of the molecule is N#Cc1ccc(CN2C[C@@H](c3ccc(F)cc3)[C@@H]3[C@H]2C2CCN3CC2)cc1. The fourth-order valence-electron chi connectivity index (χ4n) is 5.64. The summed E-state index contributed by atoms with van der Waals surface area (Å²) in [6.45, 7) is 4.35. The molecule has 0 saturated carbocycles. The lowest BCUT2D eigenvalue weighted by molar-refractivity contribution is -0.00869. The zero-order valence-electron chi connectivity index (χ0n) is 15.4. The molecule has 138 valence electrons. The molecule has 0 radical (unpaired) electrons. The summed E-state index contributed by atoms with van der Waals surface area (Å²) in [5, 5.41) is 9.03. The zero-order chi connectivity index (χ0) is 18.4. The second-order valence-electron chi connectivity index (χ2n) is 8.25. The summed E-state index contributed by atoms with van der Waals surface area (Å²) in [7, 11) is 0. The van der Waals surface area contributed by atoms with Crippen LogP contribution < -0.4 is 0 Å². The Hall–Kier alpha value is -2.22. The minimum atomic E-state index is -0.159. The fourth-order valence-corrected chi connectivity index (χ4v) is 5.64. The summed E-state index contributed by atoms with van der Waals surface area (Å²) in [4.78, 5) is 5.33. The van der Waals surface area contributed by atoms with Gasteiger partial charge in [0.1, 0.15) is 5.82 Å². The standard InChI is InChI=1S/C23H24FN3/c24-20-7-5-18(6-8-20)21-15-27(14-17-3-1-16(13-25)2-4-17)22-19-9-11-26(12-10-19)23(21)22/h1-8,19,21-23H,9-12,14-15H2/t21-,22+,23+/m0/s1. The van der Waals surface area contributed by atoms with Gasteiger partial charge in [0, 0.05) is 31.1 Å². The van der Waals surface area contributed by atoms with Crippen molar-refractivity contribution in [3.63, 3.8) is 0 Å². The lowest BCUT2D eigenvalue weighted by Gasteiger charge is -2.51. The van der Waals surface area contributed by atoms with Gasteiger partial charge in [0.2, 0.25) is 0 Å². The normalized spacial score (nSPS) is 32.2. The van der Waals surface area contributed by atoms with Crippen LogP contribution in [0.1, 0.15) is 35.4 Å². The highest BCUT2D eigenvalue weighted by atomic mass is 19.1. The Kier molecular flexibility index (Phi) is 4.22. The lowest BCUT2D eigenvalue weighted by atomic mass is 9.75. The van der Waals surface area contributed by atoms with Gasteiger partial charge in [-0.2, -0.15) is 5.26 Å². The van der Waals surface area contributed by atoms with E-state index in [2.05, 4.69) is 28.0 Å². The molecule has 0 aromatic heterocycles. The number of hydrogen-bond donors (Lipinski definition) is 0. The van der Waals surface area contributed by atoms with E-state index in [4.69, 9.17) is 5.26 Å². The number of fused-ring (bicyclic) bond motifs is 2. The predicted molar refractivity (Wildman–Crippen MR) is 103 cm³/mol. The van der Waals surface area contributed by atoms with E-state index in [1.54, 1.807) is 12.1 Å². The van der Waals surface area contributed by atoms with Crippen LogP contribution in [0.4, 0.5) is 4.39 Å². The smallest absolute Gasteiger partial charge is 0.123 e. The minimum Gasteiger partial charge on any atom is -0.298 e. The molecular weight excluding hydrogens is 337 g/mol. The Morgan fingerprint density at radius 2 is 1.67 bits per heavy atom.